The Labute approximate surface area is 193 Å². The number of benzene rings is 3. The topological polar surface area (TPSA) is 58.8 Å². The minimum Gasteiger partial charge on any atom is -0.497 e. The minimum absolute atomic E-state index is 0.0166. The van der Waals surface area contributed by atoms with Gasteiger partial charge in [0.15, 0.2) is 5.78 Å². The van der Waals surface area contributed by atoms with Crippen LogP contribution < -0.4 is 15.4 Å². The van der Waals surface area contributed by atoms with Crippen LogP contribution in [0.3, 0.4) is 0 Å². The lowest BCUT2D eigenvalue weighted by Crippen LogP contribution is -2.44. The molecule has 0 spiro atoms. The number of nitrogens with two attached hydrogens (primary N) is 1. The summed E-state index contributed by atoms with van der Waals surface area (Å²) in [7, 11) is 3.58. The largest absolute Gasteiger partial charge is 0.497 e. The van der Waals surface area contributed by atoms with Crippen LogP contribution in [0.5, 0.6) is 5.75 Å². The van der Waals surface area contributed by atoms with E-state index in [0.717, 1.165) is 48.6 Å². The zero-order valence-electron chi connectivity index (χ0n) is 18.9. The molecular weight excluding hydrogens is 417 g/mol. The number of ether oxygens (including phenoxy) is 1. The number of nitrogen functional groups attached to an aromatic ring is 1. The molecular formula is C27H28FN3O2. The van der Waals surface area contributed by atoms with E-state index in [2.05, 4.69) is 35.0 Å². The predicted molar refractivity (Wildman–Crippen MR) is 132 cm³/mol. The summed E-state index contributed by atoms with van der Waals surface area (Å²) < 4.78 is 19.4. The summed E-state index contributed by atoms with van der Waals surface area (Å²) >= 11 is 0. The average Bonchev–Trinajstić information content (AvgIpc) is 2.83. The maximum absolute atomic E-state index is 14.4. The number of hydrogen-bond acceptors (Lipinski definition) is 5. The lowest BCUT2D eigenvalue weighted by molar-refractivity contribution is 0.104. The van der Waals surface area contributed by atoms with Crippen LogP contribution in [-0.4, -0.2) is 51.0 Å². The smallest absolute Gasteiger partial charge is 0.188 e. The molecule has 1 aliphatic heterocycles. The Kier molecular flexibility index (Phi) is 6.75. The molecule has 170 valence electrons. The van der Waals surface area contributed by atoms with E-state index in [0.29, 0.717) is 11.4 Å². The van der Waals surface area contributed by atoms with Gasteiger partial charge in [-0.2, -0.15) is 0 Å². The van der Waals surface area contributed by atoms with Gasteiger partial charge in [0.05, 0.1) is 12.7 Å². The lowest BCUT2D eigenvalue weighted by Gasteiger charge is -2.35. The molecule has 5 nitrogen and oxygen atoms in total. The molecule has 0 radical (unpaired) electrons. The van der Waals surface area contributed by atoms with E-state index in [1.165, 1.54) is 25.3 Å². The third-order valence-electron chi connectivity index (χ3n) is 5.97. The number of ketones is 1. The Morgan fingerprint density at radius 3 is 2.33 bits per heavy atom. The van der Waals surface area contributed by atoms with Gasteiger partial charge < -0.3 is 20.3 Å². The second kappa shape index (κ2) is 9.88. The molecule has 1 saturated heterocycles. The van der Waals surface area contributed by atoms with Gasteiger partial charge in [-0.05, 0) is 72.3 Å². The molecule has 1 aliphatic rings. The highest BCUT2D eigenvalue weighted by Crippen LogP contribution is 2.30. The molecule has 3 aromatic carbocycles. The summed E-state index contributed by atoms with van der Waals surface area (Å²) in [4.78, 5) is 17.4. The van der Waals surface area contributed by atoms with Crippen molar-refractivity contribution < 1.29 is 13.9 Å². The van der Waals surface area contributed by atoms with Gasteiger partial charge in [-0.1, -0.05) is 18.2 Å². The van der Waals surface area contributed by atoms with Crippen LogP contribution in [0.4, 0.5) is 15.8 Å². The molecule has 0 unspecified atom stereocenters. The SMILES string of the molecule is COc1ccc(C(=O)C=Cc2cc(-c3ccc(N)cc3)ccc2N2CCN(C)CC2)c(F)c1. The molecule has 4 rings (SSSR count). The van der Waals surface area contributed by atoms with Crippen molar-refractivity contribution in [3.05, 3.63) is 83.7 Å². The van der Waals surface area contributed by atoms with Gasteiger partial charge in [0, 0.05) is 43.6 Å². The number of anilines is 2. The molecule has 1 fully saturated rings. The number of nitrogens with zero attached hydrogens (tertiary/aromatic N) is 2. The maximum atomic E-state index is 14.4. The molecule has 0 aliphatic carbocycles. The Hall–Kier alpha value is -3.64. The zero-order chi connectivity index (χ0) is 23.4. The first kappa shape index (κ1) is 22.6. The number of allylic oxidation sites excluding steroid dienone is 1. The number of carbonyl (C=O) groups excluding carboxylic acids is 1. The van der Waals surface area contributed by atoms with Gasteiger partial charge in [-0.25, -0.2) is 4.39 Å². The van der Waals surface area contributed by atoms with Crippen LogP contribution in [0.15, 0.2) is 66.7 Å². The number of piperazine rings is 1. The van der Waals surface area contributed by atoms with Crippen molar-refractivity contribution in [2.24, 2.45) is 0 Å². The van der Waals surface area contributed by atoms with Gasteiger partial charge in [-0.15, -0.1) is 0 Å². The van der Waals surface area contributed by atoms with Crippen molar-refractivity contribution in [3.63, 3.8) is 0 Å². The number of halogens is 1. The van der Waals surface area contributed by atoms with Gasteiger partial charge >= 0.3 is 0 Å². The maximum Gasteiger partial charge on any atom is 0.188 e. The van der Waals surface area contributed by atoms with Crippen molar-refractivity contribution >= 4 is 23.2 Å². The van der Waals surface area contributed by atoms with Crippen molar-refractivity contribution in [3.8, 4) is 16.9 Å². The molecule has 6 heteroatoms. The van der Waals surface area contributed by atoms with Gasteiger partial charge in [-0.3, -0.25) is 4.79 Å². The van der Waals surface area contributed by atoms with Crippen molar-refractivity contribution in [1.82, 2.24) is 4.90 Å². The summed E-state index contributed by atoms with van der Waals surface area (Å²) in [5.74, 6) is -0.613. The van der Waals surface area contributed by atoms with Crippen molar-refractivity contribution in [2.75, 3.05) is 51.0 Å². The minimum atomic E-state index is -0.598. The lowest BCUT2D eigenvalue weighted by atomic mass is 9.99. The van der Waals surface area contributed by atoms with Crippen LogP contribution in [0.1, 0.15) is 15.9 Å². The molecule has 3 aromatic rings. The fourth-order valence-corrected chi connectivity index (χ4v) is 3.96. The molecule has 0 saturated carbocycles. The monoisotopic (exact) mass is 445 g/mol. The van der Waals surface area contributed by atoms with E-state index in [1.807, 2.05) is 24.3 Å². The van der Waals surface area contributed by atoms with Gasteiger partial charge in [0.25, 0.3) is 0 Å². The van der Waals surface area contributed by atoms with Gasteiger partial charge in [0.2, 0.25) is 0 Å². The number of methoxy groups -OCH3 is 1. The molecule has 0 bridgehead atoms. The first-order valence-electron chi connectivity index (χ1n) is 10.9. The highest BCUT2D eigenvalue weighted by Gasteiger charge is 2.17. The van der Waals surface area contributed by atoms with Crippen LogP contribution in [-0.2, 0) is 0 Å². The molecule has 0 atom stereocenters. The Balaban J connectivity index is 1.68. The first-order chi connectivity index (χ1) is 15.9. The molecule has 0 aromatic heterocycles. The third-order valence-corrected chi connectivity index (χ3v) is 5.97. The summed E-state index contributed by atoms with van der Waals surface area (Å²) in [6, 6.07) is 18.2. The van der Waals surface area contributed by atoms with Crippen LogP contribution in [0.2, 0.25) is 0 Å². The summed E-state index contributed by atoms with van der Waals surface area (Å²) in [6.45, 7) is 3.75. The van der Waals surface area contributed by atoms with E-state index in [4.69, 9.17) is 10.5 Å². The first-order valence-corrected chi connectivity index (χ1v) is 10.9. The normalized spacial score (nSPS) is 14.6. The van der Waals surface area contributed by atoms with E-state index in [-0.39, 0.29) is 5.56 Å². The van der Waals surface area contributed by atoms with Crippen LogP contribution in [0.25, 0.3) is 17.2 Å². The summed E-state index contributed by atoms with van der Waals surface area (Å²) in [6.07, 6.45) is 3.22. The standard InChI is InChI=1S/C27H28FN3O2/c1-30-13-15-31(16-14-30)26-11-5-20(19-3-7-22(29)8-4-19)17-21(26)6-12-27(32)24-10-9-23(33-2)18-25(24)28/h3-12,17-18H,13-16,29H2,1-2H3. The van der Waals surface area contributed by atoms with Crippen LogP contribution in [0, 0.1) is 5.82 Å². The molecule has 1 heterocycles. The highest BCUT2D eigenvalue weighted by molar-refractivity contribution is 6.07. The van der Waals surface area contributed by atoms with Crippen molar-refractivity contribution in [2.45, 2.75) is 0 Å². The fraction of sp³-hybridized carbons (Fsp3) is 0.222. The van der Waals surface area contributed by atoms with E-state index in [9.17, 15) is 9.18 Å². The molecule has 33 heavy (non-hydrogen) atoms. The second-order valence-corrected chi connectivity index (χ2v) is 8.23. The molecule has 2 N–H and O–H groups in total. The molecule has 0 amide bonds. The summed E-state index contributed by atoms with van der Waals surface area (Å²) in [5.41, 5.74) is 10.6. The number of likely N-dealkylation sites (N-methyl/N-ethyl adjacent to an activating group) is 1. The van der Waals surface area contributed by atoms with E-state index < -0.39 is 11.6 Å². The number of carbonyl (C=O) groups is 1. The number of hydrogen-bond donors (Lipinski definition) is 1. The van der Waals surface area contributed by atoms with Gasteiger partial charge in [0.1, 0.15) is 11.6 Å². The van der Waals surface area contributed by atoms with Crippen LogP contribution >= 0.6 is 0 Å². The summed E-state index contributed by atoms with van der Waals surface area (Å²) in [5, 5.41) is 0. The third kappa shape index (κ3) is 5.23. The highest BCUT2D eigenvalue weighted by atomic mass is 19.1. The average molecular weight is 446 g/mol. The Morgan fingerprint density at radius 1 is 0.970 bits per heavy atom. The quantitative estimate of drug-likeness (QED) is 0.338. The predicted octanol–water partition coefficient (Wildman–Crippen LogP) is 4.73. The fourth-order valence-electron chi connectivity index (χ4n) is 3.96. The van der Waals surface area contributed by atoms with E-state index >= 15 is 0 Å². The number of rotatable bonds is 6. The Morgan fingerprint density at radius 2 is 1.67 bits per heavy atom. The van der Waals surface area contributed by atoms with E-state index in [1.54, 1.807) is 12.1 Å². The van der Waals surface area contributed by atoms with Crippen molar-refractivity contribution in [1.29, 1.82) is 0 Å². The second-order valence-electron chi connectivity index (χ2n) is 8.23. The zero-order valence-corrected chi connectivity index (χ0v) is 18.9. The Bertz CT molecular complexity index is 1170.